The number of piperidine rings is 1. The van der Waals surface area contributed by atoms with Crippen LogP contribution in [0.5, 0.6) is 0 Å². The Morgan fingerprint density at radius 3 is 2.80 bits per heavy atom. The molecule has 2 aliphatic heterocycles. The number of ether oxygens (including phenoxy) is 2. The number of rotatable bonds is 5. The van der Waals surface area contributed by atoms with Crippen molar-refractivity contribution in [1.29, 1.82) is 0 Å². The van der Waals surface area contributed by atoms with Gasteiger partial charge < -0.3 is 14.8 Å². The van der Waals surface area contributed by atoms with E-state index < -0.39 is 0 Å². The first-order chi connectivity index (χ1) is 14.8. The maximum atomic E-state index is 6.05. The average molecular weight is 398 g/mol. The zero-order valence-electron chi connectivity index (χ0n) is 16.4. The van der Waals surface area contributed by atoms with Crippen LogP contribution in [0.25, 0.3) is 27.7 Å². The van der Waals surface area contributed by atoms with Crippen LogP contribution in [0.2, 0.25) is 0 Å². The van der Waals surface area contributed by atoms with Crippen molar-refractivity contribution in [3.05, 3.63) is 78.5 Å². The van der Waals surface area contributed by atoms with Crippen LogP contribution in [-0.4, -0.2) is 46.4 Å². The van der Waals surface area contributed by atoms with Crippen LogP contribution in [0.1, 0.15) is 5.56 Å². The molecule has 6 nitrogen and oxygen atoms in total. The fourth-order valence-corrected chi connectivity index (χ4v) is 4.20. The van der Waals surface area contributed by atoms with Crippen LogP contribution >= 0.6 is 0 Å². The van der Waals surface area contributed by atoms with Gasteiger partial charge in [-0.05, 0) is 28.5 Å². The van der Waals surface area contributed by atoms with Crippen LogP contribution in [0.15, 0.2) is 72.9 Å². The van der Waals surface area contributed by atoms with Gasteiger partial charge >= 0.3 is 0 Å². The summed E-state index contributed by atoms with van der Waals surface area (Å²) in [5.41, 5.74) is 4.06. The lowest BCUT2D eigenvalue weighted by molar-refractivity contribution is 0.0211. The third-order valence-corrected chi connectivity index (χ3v) is 5.90. The molecule has 6 rings (SSSR count). The van der Waals surface area contributed by atoms with Crippen molar-refractivity contribution in [1.82, 2.24) is 20.3 Å². The molecular weight excluding hydrogens is 376 g/mol. The molecule has 1 N–H and O–H groups in total. The van der Waals surface area contributed by atoms with Crippen LogP contribution in [0.4, 0.5) is 0 Å². The van der Waals surface area contributed by atoms with E-state index in [0.29, 0.717) is 12.7 Å². The number of epoxide rings is 1. The second kappa shape index (κ2) is 7.32. The summed E-state index contributed by atoms with van der Waals surface area (Å²) in [7, 11) is 0. The summed E-state index contributed by atoms with van der Waals surface area (Å²) in [6.45, 7) is 2.38. The van der Waals surface area contributed by atoms with Gasteiger partial charge in [-0.25, -0.2) is 4.68 Å². The van der Waals surface area contributed by atoms with Crippen LogP contribution < -0.4 is 5.32 Å². The Hall–Kier alpha value is -3.06. The highest BCUT2D eigenvalue weighted by atomic mass is 16.6. The van der Waals surface area contributed by atoms with Crippen LogP contribution in [0, 0.1) is 0 Å². The number of hydrogen-bond donors (Lipinski definition) is 1. The first-order valence-electron chi connectivity index (χ1n) is 10.3. The van der Waals surface area contributed by atoms with Crippen molar-refractivity contribution in [2.75, 3.05) is 13.1 Å². The Morgan fingerprint density at radius 1 is 1.00 bits per heavy atom. The summed E-state index contributed by atoms with van der Waals surface area (Å²) in [5.74, 6) is 0. The van der Waals surface area contributed by atoms with Crippen molar-refractivity contribution in [3.8, 4) is 16.9 Å². The Bertz CT molecular complexity index is 1180. The van der Waals surface area contributed by atoms with Crippen molar-refractivity contribution in [3.63, 3.8) is 0 Å². The number of nitrogens with zero attached hydrogens (tertiary/aromatic N) is 3. The topological polar surface area (TPSA) is 64.5 Å². The lowest BCUT2D eigenvalue weighted by atomic mass is 10.0. The third-order valence-electron chi connectivity index (χ3n) is 5.90. The average Bonchev–Trinajstić information content (AvgIpc) is 3.45. The number of aromatic nitrogens is 3. The predicted octanol–water partition coefficient (Wildman–Crippen LogP) is 3.34. The largest absolute Gasteiger partial charge is 0.369 e. The van der Waals surface area contributed by atoms with E-state index in [4.69, 9.17) is 9.47 Å². The molecule has 0 amide bonds. The van der Waals surface area contributed by atoms with Crippen LogP contribution in [0.3, 0.4) is 0 Å². The zero-order valence-corrected chi connectivity index (χ0v) is 16.4. The first kappa shape index (κ1) is 17.8. The van der Waals surface area contributed by atoms with Gasteiger partial charge in [0.05, 0.1) is 30.7 Å². The van der Waals surface area contributed by atoms with Gasteiger partial charge in [0.25, 0.3) is 0 Å². The van der Waals surface area contributed by atoms with E-state index in [1.165, 1.54) is 10.8 Å². The first-order valence-corrected chi connectivity index (χ1v) is 10.3. The fourth-order valence-electron chi connectivity index (χ4n) is 4.20. The van der Waals surface area contributed by atoms with Gasteiger partial charge in [0, 0.05) is 18.7 Å². The van der Waals surface area contributed by atoms with Crippen molar-refractivity contribution >= 4 is 10.8 Å². The molecule has 150 valence electrons. The molecule has 4 aromatic rings. The maximum Gasteiger partial charge on any atom is 0.114 e. The summed E-state index contributed by atoms with van der Waals surface area (Å²) in [4.78, 5) is 0. The van der Waals surface area contributed by atoms with E-state index in [0.717, 1.165) is 35.6 Å². The second-order valence-electron chi connectivity index (χ2n) is 7.89. The predicted molar refractivity (Wildman–Crippen MR) is 114 cm³/mol. The van der Waals surface area contributed by atoms with Crippen molar-refractivity contribution < 1.29 is 9.47 Å². The van der Waals surface area contributed by atoms with E-state index in [9.17, 15) is 0 Å². The SMILES string of the molecule is c1ccc2c(-c3cn(-c4ccc(CO[C@@H]5CNC[C@H]6O[C@H]56)cc4)nn3)cccc2c1. The highest BCUT2D eigenvalue weighted by molar-refractivity contribution is 5.95. The molecule has 3 atom stereocenters. The lowest BCUT2D eigenvalue weighted by Gasteiger charge is -2.20. The molecule has 0 aliphatic carbocycles. The van der Waals surface area contributed by atoms with E-state index in [2.05, 4.69) is 82.4 Å². The molecule has 1 aromatic heterocycles. The standard InChI is InChI=1S/C24H22N4O2/c1-2-6-19-17(4-1)5-3-7-20(19)21-14-28(27-26-21)18-10-8-16(9-11-18)15-29-22-12-25-13-23-24(22)30-23/h1-11,14,22-25H,12-13,15H2/t22-,23-,24-/m1/s1. The van der Waals surface area contributed by atoms with Gasteiger partial charge in [0.2, 0.25) is 0 Å². The molecular formula is C24H22N4O2. The summed E-state index contributed by atoms with van der Waals surface area (Å²) in [5, 5.41) is 14.5. The molecule has 0 bridgehead atoms. The molecule has 2 saturated heterocycles. The second-order valence-corrected chi connectivity index (χ2v) is 7.89. The molecule has 3 aromatic carbocycles. The molecule has 30 heavy (non-hydrogen) atoms. The minimum atomic E-state index is 0.141. The Morgan fingerprint density at radius 2 is 1.87 bits per heavy atom. The summed E-state index contributed by atoms with van der Waals surface area (Å²) in [6, 6.07) is 22.9. The fraction of sp³-hybridized carbons (Fsp3) is 0.250. The monoisotopic (exact) mass is 398 g/mol. The van der Waals surface area contributed by atoms with E-state index in [-0.39, 0.29) is 12.2 Å². The van der Waals surface area contributed by atoms with Crippen molar-refractivity contribution in [2.24, 2.45) is 0 Å². The molecule has 0 radical (unpaired) electrons. The maximum absolute atomic E-state index is 6.05. The van der Waals surface area contributed by atoms with E-state index in [1.54, 1.807) is 0 Å². The van der Waals surface area contributed by atoms with Gasteiger partial charge in [0.1, 0.15) is 11.8 Å². The minimum Gasteiger partial charge on any atom is -0.369 e. The summed E-state index contributed by atoms with van der Waals surface area (Å²) in [6.07, 6.45) is 2.73. The van der Waals surface area contributed by atoms with Gasteiger partial charge in [0.15, 0.2) is 0 Å². The Kier molecular flexibility index (Phi) is 4.34. The number of nitrogens with one attached hydrogen (secondary N) is 1. The Labute approximate surface area is 174 Å². The molecule has 3 heterocycles. The highest BCUT2D eigenvalue weighted by Crippen LogP contribution is 2.30. The lowest BCUT2D eigenvalue weighted by Crippen LogP contribution is -2.41. The van der Waals surface area contributed by atoms with Crippen molar-refractivity contribution in [2.45, 2.75) is 24.9 Å². The highest BCUT2D eigenvalue weighted by Gasteiger charge is 2.48. The molecule has 0 spiro atoms. The van der Waals surface area contributed by atoms with Gasteiger partial charge in [-0.15, -0.1) is 5.10 Å². The normalized spacial score (nSPS) is 22.7. The van der Waals surface area contributed by atoms with E-state index in [1.807, 2.05) is 10.9 Å². The van der Waals surface area contributed by atoms with Gasteiger partial charge in [-0.1, -0.05) is 59.8 Å². The molecule has 2 fully saturated rings. The molecule has 0 saturated carbocycles. The summed E-state index contributed by atoms with van der Waals surface area (Å²) >= 11 is 0. The molecule has 0 unspecified atom stereocenters. The zero-order chi connectivity index (χ0) is 19.9. The van der Waals surface area contributed by atoms with Gasteiger partial charge in [-0.3, -0.25) is 0 Å². The van der Waals surface area contributed by atoms with Crippen LogP contribution in [-0.2, 0) is 16.1 Å². The van der Waals surface area contributed by atoms with E-state index >= 15 is 0 Å². The van der Waals surface area contributed by atoms with Gasteiger partial charge in [-0.2, -0.15) is 0 Å². The smallest absolute Gasteiger partial charge is 0.114 e. The minimum absolute atomic E-state index is 0.141. The molecule has 2 aliphatic rings. The summed E-state index contributed by atoms with van der Waals surface area (Å²) < 4.78 is 13.5. The quantitative estimate of drug-likeness (QED) is 0.523. The number of fused-ring (bicyclic) bond motifs is 2. The Balaban J connectivity index is 1.18. The number of hydrogen-bond acceptors (Lipinski definition) is 5. The third kappa shape index (κ3) is 3.29. The number of benzene rings is 3. The molecule has 6 heteroatoms.